The number of amides is 1. The molecule has 1 aromatic heterocycles. The van der Waals surface area contributed by atoms with Gasteiger partial charge in [-0.25, -0.2) is 4.98 Å². The number of methoxy groups -OCH3 is 3. The zero-order valence-electron chi connectivity index (χ0n) is 21.2. The van der Waals surface area contributed by atoms with Crippen molar-refractivity contribution in [3.63, 3.8) is 0 Å². The summed E-state index contributed by atoms with van der Waals surface area (Å²) >= 11 is 0. The molecule has 37 heavy (non-hydrogen) atoms. The number of aromatic nitrogens is 1. The van der Waals surface area contributed by atoms with E-state index in [0.29, 0.717) is 40.0 Å². The number of para-hydroxylation sites is 2. The maximum Gasteiger partial charge on any atom is 0.255 e. The molecular weight excluding hydrogens is 472 g/mol. The van der Waals surface area contributed by atoms with Gasteiger partial charge in [0.1, 0.15) is 5.52 Å². The van der Waals surface area contributed by atoms with Crippen molar-refractivity contribution in [2.45, 2.75) is 6.54 Å². The highest BCUT2D eigenvalue weighted by Gasteiger charge is 2.20. The van der Waals surface area contributed by atoms with E-state index >= 15 is 0 Å². The van der Waals surface area contributed by atoms with Crippen LogP contribution < -0.4 is 24.8 Å². The smallest absolute Gasteiger partial charge is 0.255 e. The van der Waals surface area contributed by atoms with Gasteiger partial charge in [-0.05, 0) is 30.3 Å². The lowest BCUT2D eigenvalue weighted by Gasteiger charge is -2.27. The SMILES string of the molecule is COc1cc(C(=O)Nc2ccccc2-c2nc3cccc(CN4CCNCC4)c3o2)cc(OC)c1OC. The average Bonchev–Trinajstić information content (AvgIpc) is 3.38. The zero-order chi connectivity index (χ0) is 25.8. The summed E-state index contributed by atoms with van der Waals surface area (Å²) in [5.74, 6) is 1.34. The predicted octanol–water partition coefficient (Wildman–Crippen LogP) is 4.18. The summed E-state index contributed by atoms with van der Waals surface area (Å²) in [5, 5.41) is 6.37. The minimum absolute atomic E-state index is 0.331. The number of carbonyl (C=O) groups is 1. The summed E-state index contributed by atoms with van der Waals surface area (Å²) in [6.07, 6.45) is 0. The second kappa shape index (κ2) is 10.9. The molecule has 2 heterocycles. The van der Waals surface area contributed by atoms with Crippen molar-refractivity contribution in [2.24, 2.45) is 0 Å². The number of nitrogens with zero attached hydrogens (tertiary/aromatic N) is 2. The minimum Gasteiger partial charge on any atom is -0.493 e. The minimum atomic E-state index is -0.331. The van der Waals surface area contributed by atoms with Crippen LogP contribution in [0.5, 0.6) is 17.2 Å². The first-order valence-corrected chi connectivity index (χ1v) is 12.1. The van der Waals surface area contributed by atoms with Crippen LogP contribution in [-0.2, 0) is 6.54 Å². The third-order valence-corrected chi connectivity index (χ3v) is 6.43. The van der Waals surface area contributed by atoms with Gasteiger partial charge in [0, 0.05) is 43.9 Å². The van der Waals surface area contributed by atoms with E-state index in [9.17, 15) is 4.79 Å². The molecule has 5 rings (SSSR count). The molecule has 192 valence electrons. The van der Waals surface area contributed by atoms with Crippen LogP contribution >= 0.6 is 0 Å². The molecule has 0 saturated carbocycles. The van der Waals surface area contributed by atoms with Crippen LogP contribution in [0, 0.1) is 0 Å². The number of oxazole rings is 1. The van der Waals surface area contributed by atoms with Crippen LogP contribution in [0.1, 0.15) is 15.9 Å². The number of benzene rings is 3. The van der Waals surface area contributed by atoms with Gasteiger partial charge in [0.05, 0.1) is 32.6 Å². The number of ether oxygens (including phenoxy) is 3. The van der Waals surface area contributed by atoms with E-state index in [0.717, 1.165) is 49.4 Å². The summed E-state index contributed by atoms with van der Waals surface area (Å²) in [5.41, 5.74) is 4.27. The van der Waals surface area contributed by atoms with Crippen LogP contribution in [-0.4, -0.2) is 63.3 Å². The van der Waals surface area contributed by atoms with Crippen LogP contribution in [0.3, 0.4) is 0 Å². The molecule has 1 fully saturated rings. The molecule has 0 unspecified atom stereocenters. The van der Waals surface area contributed by atoms with E-state index < -0.39 is 0 Å². The number of rotatable bonds is 8. The lowest BCUT2D eigenvalue weighted by molar-refractivity contribution is 0.102. The van der Waals surface area contributed by atoms with Gasteiger partial charge in [-0.15, -0.1) is 0 Å². The second-order valence-electron chi connectivity index (χ2n) is 8.72. The maximum atomic E-state index is 13.3. The molecular formula is C28H30N4O5. The molecule has 3 aromatic carbocycles. The first-order valence-electron chi connectivity index (χ1n) is 12.1. The lowest BCUT2D eigenvalue weighted by atomic mass is 10.1. The van der Waals surface area contributed by atoms with Gasteiger partial charge in [0.15, 0.2) is 17.1 Å². The van der Waals surface area contributed by atoms with Crippen LogP contribution in [0.15, 0.2) is 59.0 Å². The number of anilines is 1. The molecule has 0 atom stereocenters. The van der Waals surface area contributed by atoms with E-state index in [4.69, 9.17) is 23.6 Å². The van der Waals surface area contributed by atoms with Crippen molar-refractivity contribution in [3.8, 4) is 28.7 Å². The Labute approximate surface area is 215 Å². The van der Waals surface area contributed by atoms with E-state index in [1.165, 1.54) is 21.3 Å². The third kappa shape index (κ3) is 5.09. The fourth-order valence-electron chi connectivity index (χ4n) is 4.54. The van der Waals surface area contributed by atoms with Crippen molar-refractivity contribution in [1.82, 2.24) is 15.2 Å². The van der Waals surface area contributed by atoms with Crippen molar-refractivity contribution in [1.29, 1.82) is 0 Å². The Morgan fingerprint density at radius 3 is 2.43 bits per heavy atom. The van der Waals surface area contributed by atoms with Gasteiger partial charge in [-0.3, -0.25) is 9.69 Å². The standard InChI is InChI=1S/C28H30N4O5/c1-34-23-15-19(16-24(35-2)26(23)36-3)27(33)30-21-9-5-4-8-20(21)28-31-22-10-6-7-18(25(22)37-28)17-32-13-11-29-12-14-32/h4-10,15-16,29H,11-14,17H2,1-3H3,(H,30,33). The number of hydrogen-bond donors (Lipinski definition) is 2. The summed E-state index contributed by atoms with van der Waals surface area (Å²) in [7, 11) is 4.54. The number of nitrogens with one attached hydrogen (secondary N) is 2. The number of piperazine rings is 1. The van der Waals surface area contributed by atoms with Crippen molar-refractivity contribution in [3.05, 3.63) is 65.7 Å². The fraction of sp³-hybridized carbons (Fsp3) is 0.286. The third-order valence-electron chi connectivity index (χ3n) is 6.43. The Balaban J connectivity index is 1.45. The summed E-state index contributed by atoms with van der Waals surface area (Å²) < 4.78 is 22.5. The summed E-state index contributed by atoms with van der Waals surface area (Å²) in [4.78, 5) is 20.4. The molecule has 1 amide bonds. The molecule has 0 bridgehead atoms. The molecule has 0 spiro atoms. The average molecular weight is 503 g/mol. The van der Waals surface area contributed by atoms with Crippen LogP contribution in [0.4, 0.5) is 5.69 Å². The van der Waals surface area contributed by atoms with Gasteiger partial charge in [-0.2, -0.15) is 0 Å². The summed E-state index contributed by atoms with van der Waals surface area (Å²) in [6, 6.07) is 16.7. The topological polar surface area (TPSA) is 98.1 Å². The molecule has 4 aromatic rings. The fourth-order valence-corrected chi connectivity index (χ4v) is 4.54. The first kappa shape index (κ1) is 24.6. The highest BCUT2D eigenvalue weighted by atomic mass is 16.5. The van der Waals surface area contributed by atoms with Gasteiger partial charge < -0.3 is 29.3 Å². The predicted molar refractivity (Wildman–Crippen MR) is 142 cm³/mol. The van der Waals surface area contributed by atoms with E-state index in [-0.39, 0.29) is 5.91 Å². The number of hydrogen-bond acceptors (Lipinski definition) is 8. The van der Waals surface area contributed by atoms with Crippen molar-refractivity contribution in [2.75, 3.05) is 52.8 Å². The lowest BCUT2D eigenvalue weighted by Crippen LogP contribution is -2.42. The molecule has 1 aliphatic heterocycles. The van der Waals surface area contributed by atoms with Gasteiger partial charge >= 0.3 is 0 Å². The maximum absolute atomic E-state index is 13.3. The van der Waals surface area contributed by atoms with E-state index in [2.05, 4.69) is 21.6 Å². The Bertz CT molecular complexity index is 1390. The quantitative estimate of drug-likeness (QED) is 0.370. The Morgan fingerprint density at radius 1 is 1.00 bits per heavy atom. The molecule has 1 saturated heterocycles. The van der Waals surface area contributed by atoms with Gasteiger partial charge in [0.2, 0.25) is 11.6 Å². The first-order chi connectivity index (χ1) is 18.1. The Hall–Kier alpha value is -4.08. The monoisotopic (exact) mass is 502 g/mol. The zero-order valence-corrected chi connectivity index (χ0v) is 21.2. The highest BCUT2D eigenvalue weighted by molar-refractivity contribution is 6.06. The molecule has 0 aliphatic carbocycles. The van der Waals surface area contributed by atoms with Crippen molar-refractivity contribution < 1.29 is 23.4 Å². The van der Waals surface area contributed by atoms with E-state index in [1.54, 1.807) is 12.1 Å². The molecule has 0 radical (unpaired) electrons. The number of fused-ring (bicyclic) bond motifs is 1. The molecule has 9 nitrogen and oxygen atoms in total. The molecule has 2 N–H and O–H groups in total. The highest BCUT2D eigenvalue weighted by Crippen LogP contribution is 2.39. The van der Waals surface area contributed by atoms with Crippen LogP contribution in [0.2, 0.25) is 0 Å². The van der Waals surface area contributed by atoms with Crippen molar-refractivity contribution >= 4 is 22.7 Å². The normalized spacial score (nSPS) is 13.9. The molecule has 1 aliphatic rings. The summed E-state index contributed by atoms with van der Waals surface area (Å²) in [6.45, 7) is 4.75. The Morgan fingerprint density at radius 2 is 1.73 bits per heavy atom. The Kier molecular flexibility index (Phi) is 7.25. The van der Waals surface area contributed by atoms with Gasteiger partial charge in [0.25, 0.3) is 5.91 Å². The van der Waals surface area contributed by atoms with E-state index in [1.807, 2.05) is 36.4 Å². The number of carbonyl (C=O) groups excluding carboxylic acids is 1. The molecule has 9 heteroatoms. The largest absolute Gasteiger partial charge is 0.493 e. The second-order valence-corrected chi connectivity index (χ2v) is 8.72. The van der Waals surface area contributed by atoms with Gasteiger partial charge in [-0.1, -0.05) is 24.3 Å². The van der Waals surface area contributed by atoms with Crippen LogP contribution in [0.25, 0.3) is 22.6 Å².